The minimum atomic E-state index is 0.512. The van der Waals surface area contributed by atoms with E-state index in [0.717, 1.165) is 88.1 Å². The molecule has 0 unspecified atom stereocenters. The monoisotopic (exact) mass is 1560 g/mol. The SMILES string of the molecule is Clc1ccc(CNc2nc(NC3CCCC3)c3ccccc3n2)cc1.Clc1cccc(CNc2nc(NC3CCCC3)c3ccccc3n2)c1.c1ccc(Sc2ccc(CNc3nc(NC4CCCC4)c4ccccc4n3)cc2)cc1.c1ccc(Sc2cccc(CNc3nc(NC4CCCC4)c4ccccc4n3)c2)cc1. The number of benzene rings is 10. The highest BCUT2D eigenvalue weighted by Gasteiger charge is 2.22. The largest absolute Gasteiger partial charge is 0.367 e. The van der Waals surface area contributed by atoms with E-state index in [1.165, 1.54) is 133 Å². The van der Waals surface area contributed by atoms with Gasteiger partial charge in [0.1, 0.15) is 23.3 Å². The highest BCUT2D eigenvalue weighted by molar-refractivity contribution is 7.99. The van der Waals surface area contributed by atoms with Crippen LogP contribution in [0.2, 0.25) is 10.0 Å². The topological polar surface area (TPSA) is 199 Å². The summed E-state index contributed by atoms with van der Waals surface area (Å²) in [7, 11) is 0. The molecule has 4 fully saturated rings. The van der Waals surface area contributed by atoms with Crippen LogP contribution in [0.25, 0.3) is 43.6 Å². The molecule has 0 spiro atoms. The van der Waals surface area contributed by atoms with Gasteiger partial charge in [-0.1, -0.05) is 232 Å². The standard InChI is InChI=1S/2C26H26N4S.2C20H21ClN4/c1-2-12-21(13-3-1)31-22-14-8-9-19(17-22)18-27-26-29-24-16-7-6-15-23(24)25(30-26)28-20-10-4-5-11-20;1-2-10-21(11-3-1)31-22-16-14-19(15-17-22)18-27-26-29-24-13-7-6-12-23(24)25(30-26)28-20-8-4-5-9-20;21-15-7-5-6-14(12-15)13-22-20-24-18-11-4-3-10-17(18)19(25-20)23-16-8-1-2-9-16;21-15-11-9-14(10-12-15)13-22-20-24-18-8-4-3-7-17(18)19(25-20)23-16-5-1-2-6-16/h1-3,6-9,12-17,20H,4-5,10-11,18H2,(H2,27,28,29,30);1-3,6-7,10-17,20H,4-5,8-9,18H2,(H2,27,28,29,30);3-7,10-12,16H,1-2,8-9,13H2,(H2,22,23,24,25);3-4,7-12,16H,1-2,5-6,13H2,(H2,22,23,24,25). The van der Waals surface area contributed by atoms with E-state index in [4.69, 9.17) is 53.1 Å². The molecule has 0 saturated heterocycles. The van der Waals surface area contributed by atoms with Crippen LogP contribution >= 0.6 is 46.7 Å². The lowest BCUT2D eigenvalue weighted by molar-refractivity contribution is 0.751. The van der Waals surface area contributed by atoms with Gasteiger partial charge in [-0.25, -0.2) is 19.9 Å². The third-order valence-corrected chi connectivity index (χ3v) is 23.1. The van der Waals surface area contributed by atoms with E-state index in [9.17, 15) is 0 Å². The van der Waals surface area contributed by atoms with Crippen LogP contribution in [-0.2, 0) is 26.2 Å². The van der Waals surface area contributed by atoms with Crippen molar-refractivity contribution in [1.29, 1.82) is 0 Å². The molecule has 0 bridgehead atoms. The van der Waals surface area contributed by atoms with Crippen molar-refractivity contribution in [3.05, 3.63) is 287 Å². The molecule has 10 aromatic carbocycles. The highest BCUT2D eigenvalue weighted by atomic mass is 35.5. The van der Waals surface area contributed by atoms with E-state index >= 15 is 0 Å². The van der Waals surface area contributed by atoms with Gasteiger partial charge < -0.3 is 42.5 Å². The second-order valence-corrected chi connectivity index (χ2v) is 32.1. The van der Waals surface area contributed by atoms with Gasteiger partial charge in [0.15, 0.2) is 0 Å². The average Bonchev–Trinajstić information content (AvgIpc) is 1.16. The normalized spacial score (nSPS) is 14.4. The maximum absolute atomic E-state index is 6.06. The van der Waals surface area contributed by atoms with Crippen molar-refractivity contribution in [2.45, 2.75) is 173 Å². The number of para-hydroxylation sites is 4. The molecule has 0 atom stereocenters. The number of nitrogens with one attached hydrogen (secondary N) is 8. The molecule has 568 valence electrons. The van der Waals surface area contributed by atoms with E-state index < -0.39 is 0 Å². The summed E-state index contributed by atoms with van der Waals surface area (Å²) in [6.45, 7) is 2.68. The summed E-state index contributed by atoms with van der Waals surface area (Å²) in [5.74, 6) is 6.35. The summed E-state index contributed by atoms with van der Waals surface area (Å²) in [5.41, 5.74) is 8.51. The second-order valence-electron chi connectivity index (χ2n) is 28.9. The number of fused-ring (bicyclic) bond motifs is 4. The van der Waals surface area contributed by atoms with Gasteiger partial charge in [0.25, 0.3) is 0 Å². The Hall–Kier alpha value is -10.8. The maximum Gasteiger partial charge on any atom is 0.225 e. The third-order valence-electron chi connectivity index (χ3n) is 20.6. The Morgan fingerprint density at radius 1 is 0.250 bits per heavy atom. The van der Waals surface area contributed by atoms with Gasteiger partial charge >= 0.3 is 0 Å². The summed E-state index contributed by atoms with van der Waals surface area (Å²) in [4.78, 5) is 42.9. The van der Waals surface area contributed by atoms with Crippen LogP contribution < -0.4 is 42.5 Å². The molecule has 0 aliphatic heterocycles. The minimum absolute atomic E-state index is 0.512. The highest BCUT2D eigenvalue weighted by Crippen LogP contribution is 2.35. The first-order valence-electron chi connectivity index (χ1n) is 39.4. The number of hydrogen-bond acceptors (Lipinski definition) is 18. The van der Waals surface area contributed by atoms with Crippen molar-refractivity contribution in [2.75, 3.05) is 42.5 Å². The summed E-state index contributed by atoms with van der Waals surface area (Å²) < 4.78 is 0. The zero-order chi connectivity index (χ0) is 75.9. The average molecular weight is 1560 g/mol. The number of nitrogens with zero attached hydrogens (tertiary/aromatic N) is 8. The van der Waals surface area contributed by atoms with Crippen molar-refractivity contribution < 1.29 is 0 Å². The van der Waals surface area contributed by atoms with Gasteiger partial charge in [-0.05, 0) is 195 Å². The summed E-state index contributed by atoms with van der Waals surface area (Å²) in [5, 5.41) is 33.9. The van der Waals surface area contributed by atoms with E-state index in [2.05, 4.69) is 192 Å². The Bertz CT molecular complexity index is 5360. The Balaban J connectivity index is 0.000000119. The second kappa shape index (κ2) is 38.9. The van der Waals surface area contributed by atoms with E-state index in [-0.39, 0.29) is 0 Å². The van der Waals surface area contributed by atoms with Crippen molar-refractivity contribution >= 4 is 137 Å². The Morgan fingerprint density at radius 3 is 0.893 bits per heavy atom. The summed E-state index contributed by atoms with van der Waals surface area (Å²) in [6, 6.07) is 88.6. The molecule has 8 N–H and O–H groups in total. The quantitative estimate of drug-likeness (QED) is 0.0284. The van der Waals surface area contributed by atoms with Crippen LogP contribution in [0.5, 0.6) is 0 Å². The fourth-order valence-corrected chi connectivity index (χ4v) is 16.8. The molecule has 4 saturated carbocycles. The van der Waals surface area contributed by atoms with Crippen LogP contribution in [0.4, 0.5) is 47.1 Å². The van der Waals surface area contributed by atoms with Crippen molar-refractivity contribution in [1.82, 2.24) is 39.9 Å². The van der Waals surface area contributed by atoms with E-state index in [0.29, 0.717) is 74.1 Å². The first-order chi connectivity index (χ1) is 55.2. The molecule has 16 nitrogen and oxygen atoms in total. The lowest BCUT2D eigenvalue weighted by atomic mass is 10.2. The van der Waals surface area contributed by atoms with Crippen LogP contribution in [0.15, 0.2) is 274 Å². The molecule has 4 aromatic heterocycles. The number of hydrogen-bond donors (Lipinski definition) is 8. The number of aromatic nitrogens is 8. The molecule has 20 heteroatoms. The van der Waals surface area contributed by atoms with Crippen LogP contribution in [0.1, 0.15) is 125 Å². The smallest absolute Gasteiger partial charge is 0.225 e. The van der Waals surface area contributed by atoms with E-state index in [1.54, 1.807) is 23.5 Å². The van der Waals surface area contributed by atoms with Crippen molar-refractivity contribution in [3.63, 3.8) is 0 Å². The lowest BCUT2D eigenvalue weighted by Crippen LogP contribution is -2.17. The van der Waals surface area contributed by atoms with Gasteiger partial charge in [0.05, 0.1) is 22.1 Å². The van der Waals surface area contributed by atoms with Crippen molar-refractivity contribution in [3.8, 4) is 0 Å². The molecule has 14 aromatic rings. The first-order valence-corrected chi connectivity index (χ1v) is 41.8. The molecule has 4 heterocycles. The van der Waals surface area contributed by atoms with Gasteiger partial charge in [-0.15, -0.1) is 0 Å². The maximum atomic E-state index is 6.06. The first kappa shape index (κ1) is 76.6. The predicted octanol–water partition coefficient (Wildman–Crippen LogP) is 24.0. The number of halogens is 2. The molecule has 112 heavy (non-hydrogen) atoms. The fourth-order valence-electron chi connectivity index (χ4n) is 14.7. The number of rotatable bonds is 24. The van der Waals surface area contributed by atoms with Gasteiger partial charge in [-0.2, -0.15) is 19.9 Å². The molecule has 4 aliphatic carbocycles. The molecule has 18 rings (SSSR count). The number of anilines is 8. The molecular formula is C92H94Cl2N16S2. The molecule has 4 aliphatic rings. The van der Waals surface area contributed by atoms with Crippen LogP contribution in [0, 0.1) is 0 Å². The van der Waals surface area contributed by atoms with Crippen molar-refractivity contribution in [2.24, 2.45) is 0 Å². The summed E-state index contributed by atoms with van der Waals surface area (Å²) >= 11 is 15.6. The minimum Gasteiger partial charge on any atom is -0.367 e. The summed E-state index contributed by atoms with van der Waals surface area (Å²) in [6.07, 6.45) is 20.1. The third kappa shape index (κ3) is 21.9. The Morgan fingerprint density at radius 2 is 0.536 bits per heavy atom. The molecule has 0 amide bonds. The Labute approximate surface area is 674 Å². The Kier molecular flexibility index (Phi) is 26.6. The zero-order valence-electron chi connectivity index (χ0n) is 62.9. The molecule has 0 radical (unpaired) electrons. The lowest BCUT2D eigenvalue weighted by Gasteiger charge is -2.16. The van der Waals surface area contributed by atoms with E-state index in [1.807, 2.05) is 115 Å². The zero-order valence-corrected chi connectivity index (χ0v) is 66.0. The van der Waals surface area contributed by atoms with Gasteiger partial charge in [0.2, 0.25) is 23.8 Å². The van der Waals surface area contributed by atoms with Gasteiger partial charge in [0, 0.05) is 102 Å². The molecular weight excluding hydrogens is 1460 g/mol. The van der Waals surface area contributed by atoms with Crippen LogP contribution in [0.3, 0.4) is 0 Å². The van der Waals surface area contributed by atoms with Crippen LogP contribution in [-0.4, -0.2) is 64.0 Å². The van der Waals surface area contributed by atoms with Gasteiger partial charge in [-0.3, -0.25) is 0 Å². The predicted molar refractivity (Wildman–Crippen MR) is 468 cm³/mol. The fraction of sp³-hybridized carbons (Fsp3) is 0.261.